The monoisotopic (exact) mass is 374 g/mol. The molecule has 0 aliphatic carbocycles. The topological polar surface area (TPSA) is 66.0 Å². The van der Waals surface area contributed by atoms with Gasteiger partial charge in [-0.15, -0.1) is 5.10 Å². The Balaban J connectivity index is 2.49. The lowest BCUT2D eigenvalue weighted by atomic mass is 10.2. The summed E-state index contributed by atoms with van der Waals surface area (Å²) in [6.07, 6.45) is 1.80. The number of nitrogens with zero attached hydrogens (tertiary/aromatic N) is 3. The van der Waals surface area contributed by atoms with E-state index < -0.39 is 0 Å². The van der Waals surface area contributed by atoms with Crippen molar-refractivity contribution >= 4 is 31.9 Å². The predicted molar refractivity (Wildman–Crippen MR) is 75.9 cm³/mol. The largest absolute Gasteiger partial charge is 0.495 e. The number of benzene rings is 1. The fourth-order valence-electron chi connectivity index (χ4n) is 1.45. The van der Waals surface area contributed by atoms with Crippen LogP contribution >= 0.6 is 31.9 Å². The first-order valence-electron chi connectivity index (χ1n) is 5.24. The van der Waals surface area contributed by atoms with Crippen LogP contribution in [0.4, 0.5) is 0 Å². The molecule has 0 bridgehead atoms. The highest BCUT2D eigenvalue weighted by Gasteiger charge is 2.12. The van der Waals surface area contributed by atoms with E-state index in [1.165, 1.54) is 0 Å². The zero-order chi connectivity index (χ0) is 13.3. The first kappa shape index (κ1) is 13.5. The predicted octanol–water partition coefficient (Wildman–Crippen LogP) is 2.82. The standard InChI is InChI=1S/C11H12Br2N4O/c1-6(14)9-5-17(16-15-9)10-4-11(18-2)8(13)3-7(10)12/h3-6H,14H2,1-2H3. The maximum Gasteiger partial charge on any atom is 0.135 e. The van der Waals surface area contributed by atoms with E-state index in [9.17, 15) is 0 Å². The third-order valence-corrected chi connectivity index (χ3v) is 3.70. The van der Waals surface area contributed by atoms with E-state index in [2.05, 4.69) is 42.2 Å². The van der Waals surface area contributed by atoms with E-state index in [4.69, 9.17) is 10.5 Å². The molecule has 0 aliphatic rings. The van der Waals surface area contributed by atoms with Crippen molar-refractivity contribution in [1.82, 2.24) is 15.0 Å². The molecular formula is C11H12Br2N4O. The Bertz CT molecular complexity index is 568. The molecule has 2 aromatic rings. The molecule has 5 nitrogen and oxygen atoms in total. The Morgan fingerprint density at radius 1 is 1.33 bits per heavy atom. The summed E-state index contributed by atoms with van der Waals surface area (Å²) >= 11 is 6.91. The zero-order valence-electron chi connectivity index (χ0n) is 9.89. The van der Waals surface area contributed by atoms with Crippen molar-refractivity contribution in [3.63, 3.8) is 0 Å². The van der Waals surface area contributed by atoms with Gasteiger partial charge in [-0.3, -0.25) is 0 Å². The first-order chi connectivity index (χ1) is 8.52. The van der Waals surface area contributed by atoms with Crippen molar-refractivity contribution in [1.29, 1.82) is 0 Å². The Kier molecular flexibility index (Phi) is 4.04. The fraction of sp³-hybridized carbons (Fsp3) is 0.273. The summed E-state index contributed by atoms with van der Waals surface area (Å²) in [4.78, 5) is 0. The van der Waals surface area contributed by atoms with Gasteiger partial charge in [-0.2, -0.15) is 0 Å². The third kappa shape index (κ3) is 2.57. The van der Waals surface area contributed by atoms with E-state index in [1.54, 1.807) is 18.0 Å². The van der Waals surface area contributed by atoms with Gasteiger partial charge >= 0.3 is 0 Å². The van der Waals surface area contributed by atoms with Crippen LogP contribution in [0, 0.1) is 0 Å². The van der Waals surface area contributed by atoms with Crippen LogP contribution in [-0.2, 0) is 0 Å². The quantitative estimate of drug-likeness (QED) is 0.895. The summed E-state index contributed by atoms with van der Waals surface area (Å²) in [5.41, 5.74) is 7.35. The van der Waals surface area contributed by atoms with Gasteiger partial charge in [-0.25, -0.2) is 4.68 Å². The molecule has 1 aromatic heterocycles. The molecule has 0 spiro atoms. The minimum atomic E-state index is -0.144. The van der Waals surface area contributed by atoms with Gasteiger partial charge in [0.1, 0.15) is 5.75 Å². The van der Waals surface area contributed by atoms with Crippen LogP contribution in [-0.4, -0.2) is 22.1 Å². The van der Waals surface area contributed by atoms with Gasteiger partial charge < -0.3 is 10.5 Å². The van der Waals surface area contributed by atoms with Crippen molar-refractivity contribution in [2.45, 2.75) is 13.0 Å². The second-order valence-corrected chi connectivity index (χ2v) is 5.52. The fourth-order valence-corrected chi connectivity index (χ4v) is 2.79. The molecule has 0 saturated heterocycles. The normalized spacial score (nSPS) is 12.5. The summed E-state index contributed by atoms with van der Waals surface area (Å²) < 4.78 is 8.68. The molecule has 1 aromatic carbocycles. The van der Waals surface area contributed by atoms with Crippen molar-refractivity contribution in [2.24, 2.45) is 5.73 Å². The maximum absolute atomic E-state index is 5.76. The summed E-state index contributed by atoms with van der Waals surface area (Å²) in [5, 5.41) is 8.09. The minimum absolute atomic E-state index is 0.144. The van der Waals surface area contributed by atoms with E-state index >= 15 is 0 Å². The summed E-state index contributed by atoms with van der Waals surface area (Å²) in [7, 11) is 1.62. The molecular weight excluding hydrogens is 364 g/mol. The second kappa shape index (κ2) is 5.38. The second-order valence-electron chi connectivity index (χ2n) is 3.81. The van der Waals surface area contributed by atoms with Crippen LogP contribution in [0.2, 0.25) is 0 Å². The lowest BCUT2D eigenvalue weighted by molar-refractivity contribution is 0.411. The van der Waals surface area contributed by atoms with Gasteiger partial charge in [0.15, 0.2) is 0 Å². The average Bonchev–Trinajstić information content (AvgIpc) is 2.78. The molecule has 1 unspecified atom stereocenters. The highest BCUT2D eigenvalue weighted by molar-refractivity contribution is 9.11. The number of hydrogen-bond acceptors (Lipinski definition) is 4. The molecule has 96 valence electrons. The van der Waals surface area contributed by atoms with Crippen LogP contribution < -0.4 is 10.5 Å². The van der Waals surface area contributed by atoms with Crippen molar-refractivity contribution in [2.75, 3.05) is 7.11 Å². The van der Waals surface area contributed by atoms with E-state index in [-0.39, 0.29) is 6.04 Å². The number of methoxy groups -OCH3 is 1. The molecule has 0 radical (unpaired) electrons. The van der Waals surface area contributed by atoms with Crippen molar-refractivity contribution < 1.29 is 4.74 Å². The van der Waals surface area contributed by atoms with E-state index in [0.717, 1.165) is 26.1 Å². The Hall–Kier alpha value is -0.920. The van der Waals surface area contributed by atoms with Crippen molar-refractivity contribution in [3.05, 3.63) is 33.0 Å². The van der Waals surface area contributed by atoms with Gasteiger partial charge in [0.05, 0.1) is 29.2 Å². The molecule has 1 heterocycles. The summed E-state index contributed by atoms with van der Waals surface area (Å²) in [6, 6.07) is 3.63. The van der Waals surface area contributed by atoms with Crippen LogP contribution in [0.1, 0.15) is 18.7 Å². The summed E-state index contributed by atoms with van der Waals surface area (Å²) in [5.74, 6) is 0.728. The molecule has 0 saturated carbocycles. The van der Waals surface area contributed by atoms with Crippen LogP contribution in [0.5, 0.6) is 5.75 Å². The Morgan fingerprint density at radius 2 is 2.06 bits per heavy atom. The van der Waals surface area contributed by atoms with E-state index in [1.807, 2.05) is 19.1 Å². The van der Waals surface area contributed by atoms with Gasteiger partial charge in [-0.05, 0) is 44.8 Å². The Morgan fingerprint density at radius 3 is 2.61 bits per heavy atom. The SMILES string of the molecule is COc1cc(-n2cc(C(C)N)nn2)c(Br)cc1Br. The lowest BCUT2D eigenvalue weighted by Crippen LogP contribution is -2.05. The van der Waals surface area contributed by atoms with Crippen LogP contribution in [0.3, 0.4) is 0 Å². The highest BCUT2D eigenvalue weighted by Crippen LogP contribution is 2.33. The molecule has 1 atom stereocenters. The van der Waals surface area contributed by atoms with Gasteiger partial charge in [-0.1, -0.05) is 5.21 Å². The number of hydrogen-bond donors (Lipinski definition) is 1. The van der Waals surface area contributed by atoms with Gasteiger partial charge in [0.2, 0.25) is 0 Å². The molecule has 0 aliphatic heterocycles. The maximum atomic E-state index is 5.76. The number of aromatic nitrogens is 3. The lowest BCUT2D eigenvalue weighted by Gasteiger charge is -2.08. The molecule has 7 heteroatoms. The van der Waals surface area contributed by atoms with Crippen LogP contribution in [0.25, 0.3) is 5.69 Å². The summed E-state index contributed by atoms with van der Waals surface area (Å²) in [6.45, 7) is 1.87. The molecule has 0 fully saturated rings. The molecule has 2 rings (SSSR count). The molecule has 0 amide bonds. The zero-order valence-corrected chi connectivity index (χ0v) is 13.1. The number of rotatable bonds is 3. The Labute approximate surface area is 122 Å². The number of nitrogens with two attached hydrogens (primary N) is 1. The molecule has 2 N–H and O–H groups in total. The highest BCUT2D eigenvalue weighted by atomic mass is 79.9. The average molecular weight is 376 g/mol. The third-order valence-electron chi connectivity index (χ3n) is 2.45. The van der Waals surface area contributed by atoms with E-state index in [0.29, 0.717) is 0 Å². The first-order valence-corrected chi connectivity index (χ1v) is 6.82. The van der Waals surface area contributed by atoms with Gasteiger partial charge in [0.25, 0.3) is 0 Å². The van der Waals surface area contributed by atoms with Gasteiger partial charge in [0, 0.05) is 16.6 Å². The van der Waals surface area contributed by atoms with Crippen LogP contribution in [0.15, 0.2) is 27.3 Å². The minimum Gasteiger partial charge on any atom is -0.495 e. The number of ether oxygens (including phenoxy) is 1. The number of halogens is 2. The van der Waals surface area contributed by atoms with Crippen molar-refractivity contribution in [3.8, 4) is 11.4 Å². The molecule has 18 heavy (non-hydrogen) atoms. The smallest absolute Gasteiger partial charge is 0.135 e.